The Morgan fingerprint density at radius 1 is 1.09 bits per heavy atom. The Kier molecular flexibility index (Phi) is 9.79. The number of aliphatic hydroxyl groups is 2. The van der Waals surface area contributed by atoms with E-state index in [1.165, 1.54) is 18.2 Å². The zero-order valence-electron chi connectivity index (χ0n) is 24.2. The lowest BCUT2D eigenvalue weighted by Crippen LogP contribution is -2.29. The van der Waals surface area contributed by atoms with Crippen LogP contribution in [0.15, 0.2) is 48.5 Å². The zero-order chi connectivity index (χ0) is 31.5. The van der Waals surface area contributed by atoms with Gasteiger partial charge in [0.1, 0.15) is 5.82 Å². The summed E-state index contributed by atoms with van der Waals surface area (Å²) in [4.78, 5) is 28.8. The number of halogens is 1. The first-order chi connectivity index (χ1) is 20.2. The highest BCUT2D eigenvalue weighted by Crippen LogP contribution is 2.42. The second kappa shape index (κ2) is 13.2. The lowest BCUT2D eigenvalue weighted by molar-refractivity contribution is -0.139. The number of carboxylic acid groups (broad SMARTS) is 1. The number of aryl methyl sites for hydroxylation is 1. The van der Waals surface area contributed by atoms with Crippen molar-refractivity contribution in [3.05, 3.63) is 82.3 Å². The van der Waals surface area contributed by atoms with Crippen molar-refractivity contribution in [1.29, 1.82) is 0 Å². The number of pyridine rings is 1. The number of aliphatic carboxylic acids is 1. The highest BCUT2D eigenvalue weighted by molar-refractivity contribution is 7.89. The lowest BCUT2D eigenvalue weighted by Gasteiger charge is -2.22. The summed E-state index contributed by atoms with van der Waals surface area (Å²) >= 11 is 0. The molecule has 9 nitrogen and oxygen atoms in total. The fourth-order valence-electron chi connectivity index (χ4n) is 5.37. The first-order valence-corrected chi connectivity index (χ1v) is 15.9. The molecular formula is C32H35FN2O7S. The summed E-state index contributed by atoms with van der Waals surface area (Å²) in [6.45, 7) is 3.92. The minimum Gasteiger partial charge on any atom is -0.481 e. The Bertz CT molecular complexity index is 1670. The van der Waals surface area contributed by atoms with Gasteiger partial charge in [0.15, 0.2) is 0 Å². The average molecular weight is 611 g/mol. The first-order valence-electron chi connectivity index (χ1n) is 14.0. The van der Waals surface area contributed by atoms with Crippen molar-refractivity contribution in [2.75, 3.05) is 6.26 Å². The van der Waals surface area contributed by atoms with E-state index in [-0.39, 0.29) is 17.9 Å². The molecule has 11 heteroatoms. The summed E-state index contributed by atoms with van der Waals surface area (Å²) in [5.41, 5.74) is 6.18. The third-order valence-electron chi connectivity index (χ3n) is 7.23. The highest BCUT2D eigenvalue weighted by Gasteiger charge is 2.26. The van der Waals surface area contributed by atoms with Gasteiger partial charge in [0, 0.05) is 23.1 Å². The molecule has 0 bridgehead atoms. The number of amides is 1. The van der Waals surface area contributed by atoms with Crippen LogP contribution in [-0.2, 0) is 27.7 Å². The van der Waals surface area contributed by atoms with Gasteiger partial charge in [-0.1, -0.05) is 44.2 Å². The van der Waals surface area contributed by atoms with Crippen LogP contribution in [0.1, 0.15) is 71.8 Å². The Labute approximate surface area is 250 Å². The van der Waals surface area contributed by atoms with Gasteiger partial charge in [0.05, 0.1) is 36.3 Å². The molecule has 228 valence electrons. The molecule has 0 unspecified atom stereocenters. The number of benzene rings is 2. The molecule has 0 saturated heterocycles. The summed E-state index contributed by atoms with van der Waals surface area (Å²) in [6.07, 6.45) is 3.13. The van der Waals surface area contributed by atoms with Crippen LogP contribution in [0.2, 0.25) is 0 Å². The molecule has 0 radical (unpaired) electrons. The summed E-state index contributed by atoms with van der Waals surface area (Å²) in [5.74, 6) is -2.43. The molecule has 1 aliphatic rings. The standard InChI is InChI=1S/C32H35FN2O7S/c1-18(2)30-26(14-13-23(36)16-24(37)17-28(38)39)29(20-9-11-22(33)12-10-20)25-6-4-5-19-7-8-21(15-27(19)31(25)34-30)32(40)35-43(3,41)42/h7-15,18,23-24,36-37H,4-6,16-17H2,1-3H3,(H,35,40)(H,38,39)/t23-,24-/m1/s1. The quantitative estimate of drug-likeness (QED) is 0.263. The number of aromatic nitrogens is 1. The number of rotatable bonds is 10. The van der Waals surface area contributed by atoms with E-state index in [0.717, 1.165) is 34.9 Å². The monoisotopic (exact) mass is 610 g/mol. The number of sulfonamides is 1. The normalized spacial score (nSPS) is 14.6. The summed E-state index contributed by atoms with van der Waals surface area (Å²) in [6, 6.07) is 11.1. The predicted octanol–water partition coefficient (Wildman–Crippen LogP) is 4.46. The zero-order valence-corrected chi connectivity index (χ0v) is 25.0. The number of fused-ring (bicyclic) bond motifs is 3. The molecule has 0 aliphatic heterocycles. The van der Waals surface area contributed by atoms with Crippen LogP contribution in [0.3, 0.4) is 0 Å². The van der Waals surface area contributed by atoms with Crippen LogP contribution < -0.4 is 4.72 Å². The van der Waals surface area contributed by atoms with Gasteiger partial charge in [-0.2, -0.15) is 0 Å². The maximum Gasteiger partial charge on any atom is 0.305 e. The van der Waals surface area contributed by atoms with E-state index in [9.17, 15) is 32.6 Å². The number of nitrogens with one attached hydrogen (secondary N) is 1. The Balaban J connectivity index is 1.93. The Morgan fingerprint density at radius 3 is 2.42 bits per heavy atom. The molecule has 1 aromatic heterocycles. The van der Waals surface area contributed by atoms with Crippen molar-refractivity contribution < 1.29 is 37.7 Å². The van der Waals surface area contributed by atoms with Gasteiger partial charge in [-0.25, -0.2) is 17.5 Å². The van der Waals surface area contributed by atoms with E-state index >= 15 is 0 Å². The van der Waals surface area contributed by atoms with Crippen molar-refractivity contribution in [1.82, 2.24) is 9.71 Å². The third-order valence-corrected chi connectivity index (χ3v) is 7.79. The van der Waals surface area contributed by atoms with E-state index in [1.54, 1.807) is 30.3 Å². The van der Waals surface area contributed by atoms with Crippen LogP contribution in [0, 0.1) is 5.82 Å². The van der Waals surface area contributed by atoms with Crippen molar-refractivity contribution in [3.8, 4) is 22.4 Å². The summed E-state index contributed by atoms with van der Waals surface area (Å²) in [5, 5.41) is 29.6. The molecule has 1 amide bonds. The molecule has 1 heterocycles. The molecule has 0 saturated carbocycles. The van der Waals surface area contributed by atoms with E-state index in [0.29, 0.717) is 35.4 Å². The van der Waals surface area contributed by atoms with Crippen molar-refractivity contribution in [3.63, 3.8) is 0 Å². The van der Waals surface area contributed by atoms with E-state index in [1.807, 2.05) is 24.6 Å². The number of carboxylic acids is 1. The predicted molar refractivity (Wildman–Crippen MR) is 161 cm³/mol. The molecule has 1 aliphatic carbocycles. The van der Waals surface area contributed by atoms with Gasteiger partial charge in [0.2, 0.25) is 10.0 Å². The van der Waals surface area contributed by atoms with Crippen LogP contribution in [-0.4, -0.2) is 59.1 Å². The van der Waals surface area contributed by atoms with Crippen LogP contribution in [0.25, 0.3) is 28.5 Å². The number of aliphatic hydroxyl groups excluding tert-OH is 2. The van der Waals surface area contributed by atoms with Crippen LogP contribution >= 0.6 is 0 Å². The molecule has 0 fully saturated rings. The fraction of sp³-hybridized carbons (Fsp3) is 0.344. The van der Waals surface area contributed by atoms with Crippen LogP contribution in [0.5, 0.6) is 0 Å². The van der Waals surface area contributed by atoms with E-state index in [4.69, 9.17) is 10.1 Å². The minimum atomic E-state index is -3.78. The molecule has 43 heavy (non-hydrogen) atoms. The number of carbonyl (C=O) groups is 2. The molecule has 4 N–H and O–H groups in total. The maximum absolute atomic E-state index is 14.0. The number of hydrogen-bond acceptors (Lipinski definition) is 7. The summed E-state index contributed by atoms with van der Waals surface area (Å²) < 4.78 is 39.5. The molecule has 2 aromatic carbocycles. The molecule has 2 atom stereocenters. The van der Waals surface area contributed by atoms with E-state index in [2.05, 4.69) is 0 Å². The largest absolute Gasteiger partial charge is 0.481 e. The highest BCUT2D eigenvalue weighted by atomic mass is 32.2. The van der Waals surface area contributed by atoms with Crippen molar-refractivity contribution >= 4 is 28.0 Å². The van der Waals surface area contributed by atoms with Gasteiger partial charge >= 0.3 is 5.97 Å². The maximum atomic E-state index is 14.0. The third kappa shape index (κ3) is 7.92. The van der Waals surface area contributed by atoms with Crippen LogP contribution in [0.4, 0.5) is 4.39 Å². The first kappa shape index (κ1) is 32.0. The fourth-order valence-corrected chi connectivity index (χ4v) is 5.82. The molecular weight excluding hydrogens is 575 g/mol. The second-order valence-electron chi connectivity index (χ2n) is 11.1. The minimum absolute atomic E-state index is 0.109. The van der Waals surface area contributed by atoms with Gasteiger partial charge in [-0.05, 0) is 71.7 Å². The summed E-state index contributed by atoms with van der Waals surface area (Å²) in [7, 11) is -3.78. The number of hydrogen-bond donors (Lipinski definition) is 4. The van der Waals surface area contributed by atoms with Gasteiger partial charge in [-0.15, -0.1) is 0 Å². The van der Waals surface area contributed by atoms with Gasteiger partial charge in [-0.3, -0.25) is 14.6 Å². The number of carbonyl (C=O) groups excluding carboxylic acids is 1. The van der Waals surface area contributed by atoms with Crippen molar-refractivity contribution in [2.45, 2.75) is 64.1 Å². The van der Waals surface area contributed by atoms with Crippen molar-refractivity contribution in [2.24, 2.45) is 0 Å². The average Bonchev–Trinajstić information content (AvgIpc) is 3.09. The molecule has 3 aromatic rings. The Hall–Kier alpha value is -3.93. The topological polar surface area (TPSA) is 154 Å². The van der Waals surface area contributed by atoms with Gasteiger partial charge < -0.3 is 15.3 Å². The second-order valence-corrected chi connectivity index (χ2v) is 12.9. The molecule has 4 rings (SSSR count). The lowest BCUT2D eigenvalue weighted by atomic mass is 9.86. The smallest absolute Gasteiger partial charge is 0.305 e. The number of nitrogens with zero attached hydrogens (tertiary/aromatic N) is 1. The Morgan fingerprint density at radius 2 is 1.79 bits per heavy atom. The van der Waals surface area contributed by atoms with E-state index < -0.39 is 46.3 Å². The van der Waals surface area contributed by atoms with Gasteiger partial charge in [0.25, 0.3) is 5.91 Å². The molecule has 0 spiro atoms. The SMILES string of the molecule is CC(C)c1nc2c(c(-c3ccc(F)cc3)c1C=C[C@@H](O)C[C@@H](O)CC(=O)O)CCCc1ccc(C(=O)NS(C)(=O)=O)cc1-2.